The number of rotatable bonds is 4. The molecule has 0 fully saturated rings. The van der Waals surface area contributed by atoms with Crippen molar-refractivity contribution in [1.82, 2.24) is 0 Å². The zero-order valence-electron chi connectivity index (χ0n) is 11.6. The van der Waals surface area contributed by atoms with E-state index in [-0.39, 0.29) is 24.6 Å². The van der Waals surface area contributed by atoms with E-state index in [4.69, 9.17) is 9.84 Å². The van der Waals surface area contributed by atoms with Gasteiger partial charge in [0.25, 0.3) is 0 Å². The second-order valence-electron chi connectivity index (χ2n) is 5.49. The Hall–Kier alpha value is -1.35. The van der Waals surface area contributed by atoms with Crippen molar-refractivity contribution in [3.63, 3.8) is 0 Å². The quantitative estimate of drug-likeness (QED) is 0.660. The molecule has 0 aliphatic heterocycles. The molecule has 1 N–H and O–H groups in total. The smallest absolute Gasteiger partial charge is 0.338 e. The molecule has 0 aromatic heterocycles. The SMILES string of the molecule is Cc1cc(C(C)(C)C)ccc1C(=O)OCCCO. The molecule has 0 amide bonds. The minimum Gasteiger partial charge on any atom is -0.462 e. The van der Waals surface area contributed by atoms with Crippen molar-refractivity contribution in [2.45, 2.75) is 39.5 Å². The van der Waals surface area contributed by atoms with Crippen molar-refractivity contribution < 1.29 is 14.6 Å². The molecule has 0 atom stereocenters. The summed E-state index contributed by atoms with van der Waals surface area (Å²) >= 11 is 0. The van der Waals surface area contributed by atoms with Crippen LogP contribution in [0.15, 0.2) is 18.2 Å². The van der Waals surface area contributed by atoms with E-state index >= 15 is 0 Å². The minimum absolute atomic E-state index is 0.0369. The normalized spacial score (nSPS) is 11.4. The third-order valence-electron chi connectivity index (χ3n) is 2.85. The fourth-order valence-corrected chi connectivity index (χ4v) is 1.67. The van der Waals surface area contributed by atoms with Crippen LogP contribution in [0.4, 0.5) is 0 Å². The largest absolute Gasteiger partial charge is 0.462 e. The van der Waals surface area contributed by atoms with Crippen LogP contribution in [-0.4, -0.2) is 24.3 Å². The number of aryl methyl sites for hydroxylation is 1. The lowest BCUT2D eigenvalue weighted by Crippen LogP contribution is -2.14. The number of carbonyl (C=O) groups excluding carboxylic acids is 1. The Balaban J connectivity index is 2.82. The standard InChI is InChI=1S/C15H22O3/c1-11-10-12(15(2,3)4)6-7-13(11)14(17)18-9-5-8-16/h6-7,10,16H,5,8-9H2,1-4H3. The summed E-state index contributed by atoms with van der Waals surface area (Å²) < 4.78 is 5.08. The summed E-state index contributed by atoms with van der Waals surface area (Å²) in [4.78, 5) is 11.8. The van der Waals surface area contributed by atoms with Gasteiger partial charge in [0.15, 0.2) is 0 Å². The van der Waals surface area contributed by atoms with Gasteiger partial charge in [-0.3, -0.25) is 0 Å². The van der Waals surface area contributed by atoms with E-state index in [0.29, 0.717) is 12.0 Å². The third-order valence-corrected chi connectivity index (χ3v) is 2.85. The van der Waals surface area contributed by atoms with Crippen LogP contribution in [0, 0.1) is 6.92 Å². The first-order valence-corrected chi connectivity index (χ1v) is 6.25. The van der Waals surface area contributed by atoms with Crippen LogP contribution in [0.5, 0.6) is 0 Å². The lowest BCUT2D eigenvalue weighted by atomic mass is 9.85. The number of ether oxygens (including phenoxy) is 1. The zero-order valence-corrected chi connectivity index (χ0v) is 11.6. The summed E-state index contributed by atoms with van der Waals surface area (Å²) in [5.74, 6) is -0.318. The molecule has 0 aliphatic rings. The molecule has 0 heterocycles. The highest BCUT2D eigenvalue weighted by atomic mass is 16.5. The van der Waals surface area contributed by atoms with Crippen molar-refractivity contribution in [3.8, 4) is 0 Å². The first-order valence-electron chi connectivity index (χ1n) is 6.25. The molecule has 18 heavy (non-hydrogen) atoms. The van der Waals surface area contributed by atoms with Crippen LogP contribution in [0.25, 0.3) is 0 Å². The molecule has 3 nitrogen and oxygen atoms in total. The molecule has 0 aliphatic carbocycles. The van der Waals surface area contributed by atoms with E-state index in [0.717, 1.165) is 5.56 Å². The summed E-state index contributed by atoms with van der Waals surface area (Å²) in [5.41, 5.74) is 2.80. The number of aliphatic hydroxyl groups is 1. The molecular formula is C15H22O3. The number of hydrogen-bond acceptors (Lipinski definition) is 3. The molecule has 0 unspecified atom stereocenters. The summed E-state index contributed by atoms with van der Waals surface area (Å²) in [6, 6.07) is 5.81. The maximum Gasteiger partial charge on any atom is 0.338 e. The maximum absolute atomic E-state index is 11.8. The second-order valence-corrected chi connectivity index (χ2v) is 5.49. The average molecular weight is 250 g/mol. The van der Waals surface area contributed by atoms with Crippen molar-refractivity contribution in [3.05, 3.63) is 34.9 Å². The Morgan fingerprint density at radius 2 is 2.00 bits per heavy atom. The summed E-state index contributed by atoms with van der Waals surface area (Å²) in [6.07, 6.45) is 0.477. The van der Waals surface area contributed by atoms with Gasteiger partial charge in [-0.2, -0.15) is 0 Å². The van der Waals surface area contributed by atoms with Crippen LogP contribution in [0.1, 0.15) is 48.7 Å². The number of hydrogen-bond donors (Lipinski definition) is 1. The molecular weight excluding hydrogens is 228 g/mol. The molecule has 3 heteroatoms. The summed E-state index contributed by atoms with van der Waals surface area (Å²) in [7, 11) is 0. The Morgan fingerprint density at radius 1 is 1.33 bits per heavy atom. The number of esters is 1. The molecule has 1 rings (SSSR count). The van der Waals surface area contributed by atoms with E-state index < -0.39 is 0 Å². The van der Waals surface area contributed by atoms with E-state index in [1.165, 1.54) is 5.56 Å². The molecule has 1 aromatic rings. The van der Waals surface area contributed by atoms with E-state index in [9.17, 15) is 4.79 Å². The molecule has 0 spiro atoms. The van der Waals surface area contributed by atoms with Gasteiger partial charge in [-0.15, -0.1) is 0 Å². The highest BCUT2D eigenvalue weighted by Crippen LogP contribution is 2.24. The fraction of sp³-hybridized carbons (Fsp3) is 0.533. The van der Waals surface area contributed by atoms with E-state index in [2.05, 4.69) is 20.8 Å². The van der Waals surface area contributed by atoms with Gasteiger partial charge in [0.05, 0.1) is 12.2 Å². The van der Waals surface area contributed by atoms with Gasteiger partial charge in [-0.05, 0) is 29.5 Å². The first-order chi connectivity index (χ1) is 8.36. The summed E-state index contributed by atoms with van der Waals surface area (Å²) in [6.45, 7) is 8.63. The van der Waals surface area contributed by atoms with Crippen molar-refractivity contribution >= 4 is 5.97 Å². The third kappa shape index (κ3) is 3.84. The predicted octanol–water partition coefficient (Wildman–Crippen LogP) is 2.83. The van der Waals surface area contributed by atoms with Crippen LogP contribution in [0.2, 0.25) is 0 Å². The van der Waals surface area contributed by atoms with Crippen molar-refractivity contribution in [1.29, 1.82) is 0 Å². The number of benzene rings is 1. The molecule has 100 valence electrons. The van der Waals surface area contributed by atoms with E-state index in [1.54, 1.807) is 0 Å². The van der Waals surface area contributed by atoms with Gasteiger partial charge in [-0.1, -0.05) is 32.9 Å². The van der Waals surface area contributed by atoms with Gasteiger partial charge in [0, 0.05) is 13.0 Å². The van der Waals surface area contributed by atoms with Crippen molar-refractivity contribution in [2.75, 3.05) is 13.2 Å². The van der Waals surface area contributed by atoms with Crippen LogP contribution in [-0.2, 0) is 10.2 Å². The Morgan fingerprint density at radius 3 is 2.50 bits per heavy atom. The average Bonchev–Trinajstić information content (AvgIpc) is 2.27. The van der Waals surface area contributed by atoms with Crippen molar-refractivity contribution in [2.24, 2.45) is 0 Å². The summed E-state index contributed by atoms with van der Waals surface area (Å²) in [5, 5.41) is 8.64. The predicted molar refractivity (Wildman–Crippen MR) is 71.9 cm³/mol. The Bertz CT molecular complexity index is 416. The fourth-order valence-electron chi connectivity index (χ4n) is 1.67. The molecule has 0 saturated carbocycles. The monoisotopic (exact) mass is 250 g/mol. The minimum atomic E-state index is -0.318. The highest BCUT2D eigenvalue weighted by Gasteiger charge is 2.17. The number of carbonyl (C=O) groups is 1. The van der Waals surface area contributed by atoms with Gasteiger partial charge in [0.1, 0.15) is 0 Å². The molecule has 1 aromatic carbocycles. The van der Waals surface area contributed by atoms with E-state index in [1.807, 2.05) is 25.1 Å². The van der Waals surface area contributed by atoms with Crippen LogP contribution < -0.4 is 0 Å². The van der Waals surface area contributed by atoms with Gasteiger partial charge in [0.2, 0.25) is 0 Å². The molecule has 0 radical (unpaired) electrons. The number of aliphatic hydroxyl groups excluding tert-OH is 1. The second kappa shape index (κ2) is 6.01. The lowest BCUT2D eigenvalue weighted by molar-refractivity contribution is 0.0481. The zero-order chi connectivity index (χ0) is 13.8. The Labute approximate surface area is 109 Å². The van der Waals surface area contributed by atoms with Crippen LogP contribution >= 0.6 is 0 Å². The maximum atomic E-state index is 11.8. The highest BCUT2D eigenvalue weighted by molar-refractivity contribution is 5.91. The first kappa shape index (κ1) is 14.7. The molecule has 0 bridgehead atoms. The van der Waals surface area contributed by atoms with Gasteiger partial charge < -0.3 is 9.84 Å². The van der Waals surface area contributed by atoms with Crippen LogP contribution in [0.3, 0.4) is 0 Å². The Kier molecular flexibility index (Phi) is 4.91. The lowest BCUT2D eigenvalue weighted by Gasteiger charge is -2.20. The molecule has 0 saturated heterocycles. The topological polar surface area (TPSA) is 46.5 Å². The van der Waals surface area contributed by atoms with Gasteiger partial charge in [-0.25, -0.2) is 4.79 Å². The van der Waals surface area contributed by atoms with Gasteiger partial charge >= 0.3 is 5.97 Å².